The third-order valence-corrected chi connectivity index (χ3v) is 4.98. The second-order valence-corrected chi connectivity index (χ2v) is 7.85. The van der Waals surface area contributed by atoms with Crippen molar-refractivity contribution in [2.24, 2.45) is 4.99 Å². The Kier molecular flexibility index (Phi) is 6.40. The molecule has 33 heavy (non-hydrogen) atoms. The first kappa shape index (κ1) is 22.1. The van der Waals surface area contributed by atoms with Crippen LogP contribution in [0.3, 0.4) is 0 Å². The summed E-state index contributed by atoms with van der Waals surface area (Å²) in [5, 5.41) is 5.63. The number of amidine groups is 1. The van der Waals surface area contributed by atoms with Gasteiger partial charge in [-0.3, -0.25) is 4.98 Å². The van der Waals surface area contributed by atoms with Crippen LogP contribution in [0.15, 0.2) is 66.0 Å². The lowest BCUT2D eigenvalue weighted by molar-refractivity contribution is 0.195. The zero-order valence-corrected chi connectivity index (χ0v) is 19.2. The van der Waals surface area contributed by atoms with E-state index in [2.05, 4.69) is 44.0 Å². The molecule has 2 aromatic carbocycles. The molecule has 168 valence electrons. The van der Waals surface area contributed by atoms with E-state index in [4.69, 9.17) is 9.47 Å². The van der Waals surface area contributed by atoms with Crippen molar-refractivity contribution in [1.82, 2.24) is 15.0 Å². The Morgan fingerprint density at radius 1 is 1.12 bits per heavy atom. The van der Waals surface area contributed by atoms with Crippen LogP contribution in [0.4, 0.5) is 5.69 Å². The van der Waals surface area contributed by atoms with E-state index in [1.54, 1.807) is 13.4 Å². The summed E-state index contributed by atoms with van der Waals surface area (Å²) < 4.78 is 11.3. The van der Waals surface area contributed by atoms with Gasteiger partial charge in [0, 0.05) is 17.3 Å². The molecule has 0 fully saturated rings. The number of nitrogens with one attached hydrogen (secondary N) is 2. The van der Waals surface area contributed by atoms with Crippen LogP contribution in [0.5, 0.6) is 5.75 Å². The Morgan fingerprint density at radius 2 is 1.97 bits per heavy atom. The van der Waals surface area contributed by atoms with Crippen LogP contribution in [-0.2, 0) is 4.74 Å². The Balaban J connectivity index is 1.72. The Labute approximate surface area is 192 Å². The molecule has 0 aliphatic heterocycles. The van der Waals surface area contributed by atoms with Crippen molar-refractivity contribution in [1.29, 1.82) is 0 Å². The minimum atomic E-state index is -0.0511. The molecule has 0 bridgehead atoms. The van der Waals surface area contributed by atoms with Crippen LogP contribution >= 0.6 is 0 Å². The lowest BCUT2D eigenvalue weighted by Crippen LogP contribution is -2.27. The summed E-state index contributed by atoms with van der Waals surface area (Å²) >= 11 is 0. The third-order valence-electron chi connectivity index (χ3n) is 4.98. The molecule has 7 heteroatoms. The number of anilines is 1. The van der Waals surface area contributed by atoms with Gasteiger partial charge in [0.2, 0.25) is 5.88 Å². The molecule has 0 saturated heterocycles. The van der Waals surface area contributed by atoms with Gasteiger partial charge in [-0.05, 0) is 68.3 Å². The number of fused-ring (bicyclic) bond motifs is 1. The predicted molar refractivity (Wildman–Crippen MR) is 133 cm³/mol. The first-order valence-electron chi connectivity index (χ1n) is 10.7. The van der Waals surface area contributed by atoms with E-state index in [9.17, 15) is 0 Å². The number of hydrogen-bond donors (Lipinski definition) is 2. The van der Waals surface area contributed by atoms with Crippen LogP contribution in [-0.4, -0.2) is 34.0 Å². The maximum absolute atomic E-state index is 5.90. The zero-order chi connectivity index (χ0) is 23.4. The average molecular weight is 442 g/mol. The zero-order valence-electron chi connectivity index (χ0n) is 19.2. The number of rotatable bonds is 6. The van der Waals surface area contributed by atoms with Gasteiger partial charge in [-0.15, -0.1) is 0 Å². The number of aliphatic imine (C=N–C) groups is 1. The number of aromatic nitrogens is 3. The Hall–Kier alpha value is -4.13. The molecular weight excluding hydrogens is 414 g/mol. The van der Waals surface area contributed by atoms with Crippen molar-refractivity contribution in [3.8, 4) is 16.9 Å². The standard InChI is InChI=1S/C26H27N5O2/c1-16(2)33-26(25-17(3)28-15-29-25)31-18(4)30-20-9-10-24-23(14-20)22(11-12-27-24)19-7-6-8-21(13-19)32-5/h6-16H,3H2,1-2,4-5H3,(H,28,29)(H,30,31)/b26-25-. The molecule has 0 amide bonds. The first-order chi connectivity index (χ1) is 15.9. The van der Waals surface area contributed by atoms with Gasteiger partial charge in [0.05, 0.1) is 30.4 Å². The summed E-state index contributed by atoms with van der Waals surface area (Å²) in [6, 6.07) is 16.1. The fraction of sp³-hybridized carbons (Fsp3) is 0.192. The topological polar surface area (TPSA) is 84.4 Å². The van der Waals surface area contributed by atoms with Crippen LogP contribution in [0.1, 0.15) is 20.8 Å². The number of imidazole rings is 1. The number of nitrogens with zero attached hydrogens (tertiary/aromatic N) is 3. The van der Waals surface area contributed by atoms with E-state index in [0.29, 0.717) is 22.4 Å². The van der Waals surface area contributed by atoms with Gasteiger partial charge in [-0.1, -0.05) is 18.7 Å². The molecule has 0 atom stereocenters. The summed E-state index contributed by atoms with van der Waals surface area (Å²) in [6.45, 7) is 9.74. The highest BCUT2D eigenvalue weighted by Crippen LogP contribution is 2.31. The van der Waals surface area contributed by atoms with E-state index in [1.807, 2.05) is 63.4 Å². The smallest absolute Gasteiger partial charge is 0.244 e. The largest absolute Gasteiger partial charge is 0.497 e. The van der Waals surface area contributed by atoms with Gasteiger partial charge in [-0.2, -0.15) is 4.99 Å². The SMILES string of the molecule is C=c1[nH]cn/c1=C(/N=C(\C)Nc1ccc2nccc(-c3cccc(OC)c3)c2c1)OC(C)C. The highest BCUT2D eigenvalue weighted by atomic mass is 16.5. The molecule has 4 aromatic rings. The highest BCUT2D eigenvalue weighted by molar-refractivity contribution is 6.00. The van der Waals surface area contributed by atoms with Crippen molar-refractivity contribution in [3.63, 3.8) is 0 Å². The first-order valence-corrected chi connectivity index (χ1v) is 10.7. The minimum Gasteiger partial charge on any atom is -0.497 e. The molecule has 0 saturated carbocycles. The Bertz CT molecular complexity index is 1420. The summed E-state index contributed by atoms with van der Waals surface area (Å²) in [7, 11) is 1.67. The van der Waals surface area contributed by atoms with Gasteiger partial charge in [0.1, 0.15) is 16.9 Å². The number of ether oxygens (including phenoxy) is 2. The van der Waals surface area contributed by atoms with Crippen LogP contribution in [0.2, 0.25) is 0 Å². The summed E-state index contributed by atoms with van der Waals surface area (Å²) in [5.41, 5.74) is 3.93. The number of methoxy groups -OCH3 is 1. The monoisotopic (exact) mass is 441 g/mol. The molecule has 0 aliphatic carbocycles. The summed E-state index contributed by atoms with van der Waals surface area (Å²) in [5.74, 6) is 1.89. The fourth-order valence-corrected chi connectivity index (χ4v) is 3.52. The average Bonchev–Trinajstić information content (AvgIpc) is 3.23. The number of aromatic amines is 1. The number of hydrogen-bond acceptors (Lipinski definition) is 5. The van der Waals surface area contributed by atoms with Crippen LogP contribution in [0, 0.1) is 0 Å². The number of pyridine rings is 1. The van der Waals surface area contributed by atoms with Crippen molar-refractivity contribution in [2.75, 3.05) is 12.4 Å². The molecule has 7 nitrogen and oxygen atoms in total. The number of benzene rings is 2. The van der Waals surface area contributed by atoms with Gasteiger partial charge in [0.15, 0.2) is 0 Å². The van der Waals surface area contributed by atoms with Gasteiger partial charge in [-0.25, -0.2) is 4.98 Å². The molecule has 2 aromatic heterocycles. The molecule has 0 unspecified atom stereocenters. The molecule has 4 rings (SSSR count). The highest BCUT2D eigenvalue weighted by Gasteiger charge is 2.09. The van der Waals surface area contributed by atoms with E-state index < -0.39 is 0 Å². The van der Waals surface area contributed by atoms with Crippen molar-refractivity contribution in [2.45, 2.75) is 26.9 Å². The second kappa shape index (κ2) is 9.56. The number of H-pyrrole nitrogens is 1. The third kappa shape index (κ3) is 5.03. The summed E-state index contributed by atoms with van der Waals surface area (Å²) in [6.07, 6.45) is 3.35. The predicted octanol–water partition coefficient (Wildman–Crippen LogP) is 4.07. The molecule has 0 spiro atoms. The molecule has 2 heterocycles. The van der Waals surface area contributed by atoms with E-state index in [0.717, 1.165) is 33.5 Å². The normalized spacial score (nSPS) is 12.7. The maximum Gasteiger partial charge on any atom is 0.244 e. The summed E-state index contributed by atoms with van der Waals surface area (Å²) in [4.78, 5) is 16.4. The van der Waals surface area contributed by atoms with Crippen molar-refractivity contribution >= 4 is 34.9 Å². The molecular formula is C26H27N5O2. The van der Waals surface area contributed by atoms with Crippen molar-refractivity contribution in [3.05, 3.63) is 71.8 Å². The maximum atomic E-state index is 5.90. The van der Waals surface area contributed by atoms with Gasteiger partial charge >= 0.3 is 0 Å². The van der Waals surface area contributed by atoms with E-state index >= 15 is 0 Å². The van der Waals surface area contributed by atoms with E-state index in [-0.39, 0.29) is 6.10 Å². The molecule has 0 aliphatic rings. The minimum absolute atomic E-state index is 0.0511. The molecule has 0 radical (unpaired) electrons. The quantitative estimate of drug-likeness (QED) is 0.348. The Morgan fingerprint density at radius 3 is 2.70 bits per heavy atom. The van der Waals surface area contributed by atoms with Gasteiger partial charge < -0.3 is 19.8 Å². The van der Waals surface area contributed by atoms with Crippen molar-refractivity contribution < 1.29 is 9.47 Å². The van der Waals surface area contributed by atoms with Crippen LogP contribution < -0.4 is 20.8 Å². The lowest BCUT2D eigenvalue weighted by atomic mass is 10.0. The molecule has 2 N–H and O–H groups in total. The second-order valence-electron chi connectivity index (χ2n) is 7.85. The van der Waals surface area contributed by atoms with Gasteiger partial charge in [0.25, 0.3) is 0 Å². The van der Waals surface area contributed by atoms with E-state index in [1.165, 1.54) is 0 Å². The lowest BCUT2D eigenvalue weighted by Gasteiger charge is -2.13. The van der Waals surface area contributed by atoms with Crippen LogP contribution in [0.25, 0.3) is 34.5 Å². The fourth-order valence-electron chi connectivity index (χ4n) is 3.52.